The lowest BCUT2D eigenvalue weighted by Crippen LogP contribution is -2.07. The minimum atomic E-state index is -0.416. The number of aromatic amines is 1. The quantitative estimate of drug-likeness (QED) is 0.775. The van der Waals surface area contributed by atoms with Crippen LogP contribution in [0.4, 0.5) is 4.39 Å². The van der Waals surface area contributed by atoms with Crippen molar-refractivity contribution in [3.05, 3.63) is 64.7 Å². The maximum Gasteiger partial charge on any atom is 0.256 e. The number of aromatic nitrogens is 1. The Balaban J connectivity index is 2.16. The number of nitrogens with one attached hydrogen (secondary N) is 1. The summed E-state index contributed by atoms with van der Waals surface area (Å²) in [7, 11) is 1.60. The van der Waals surface area contributed by atoms with Gasteiger partial charge in [0.2, 0.25) is 0 Å². The maximum atomic E-state index is 13.2. The molecule has 2 aromatic carbocycles. The first-order chi connectivity index (χ1) is 9.67. The molecule has 0 atom stereocenters. The second kappa shape index (κ2) is 4.81. The Morgan fingerprint density at radius 1 is 1.05 bits per heavy atom. The van der Waals surface area contributed by atoms with E-state index in [4.69, 9.17) is 4.74 Å². The Kier molecular flexibility index (Phi) is 2.99. The van der Waals surface area contributed by atoms with E-state index in [2.05, 4.69) is 4.98 Å². The maximum absolute atomic E-state index is 13.2. The van der Waals surface area contributed by atoms with Crippen molar-refractivity contribution in [1.82, 2.24) is 4.98 Å². The van der Waals surface area contributed by atoms with E-state index in [1.165, 1.54) is 12.1 Å². The van der Waals surface area contributed by atoms with Gasteiger partial charge in [-0.15, -0.1) is 0 Å². The summed E-state index contributed by atoms with van der Waals surface area (Å²) in [5.41, 5.74) is 1.26. The predicted octanol–water partition coefficient (Wildman–Crippen LogP) is 3.34. The Bertz CT molecular complexity index is 822. The molecule has 0 bridgehead atoms. The van der Waals surface area contributed by atoms with Crippen molar-refractivity contribution >= 4 is 10.8 Å². The third-order valence-electron chi connectivity index (χ3n) is 3.21. The molecular formula is C16H12FNO2. The van der Waals surface area contributed by atoms with Gasteiger partial charge < -0.3 is 9.72 Å². The third kappa shape index (κ3) is 2.16. The van der Waals surface area contributed by atoms with Crippen molar-refractivity contribution in [1.29, 1.82) is 0 Å². The lowest BCUT2D eigenvalue weighted by atomic mass is 10.1. The molecule has 0 aliphatic carbocycles. The van der Waals surface area contributed by atoms with Crippen molar-refractivity contribution in [3.63, 3.8) is 0 Å². The summed E-state index contributed by atoms with van der Waals surface area (Å²) in [6, 6.07) is 13.4. The number of pyridine rings is 1. The SMILES string of the molecule is COc1ccc(-c2cc3ccc(F)cc3c(=O)[nH]2)cc1. The molecule has 0 saturated carbocycles. The van der Waals surface area contributed by atoms with Crippen LogP contribution in [0.3, 0.4) is 0 Å². The highest BCUT2D eigenvalue weighted by Crippen LogP contribution is 2.22. The number of ether oxygens (including phenoxy) is 1. The first-order valence-electron chi connectivity index (χ1n) is 6.14. The highest BCUT2D eigenvalue weighted by atomic mass is 19.1. The summed E-state index contributed by atoms with van der Waals surface area (Å²) in [6.45, 7) is 0. The predicted molar refractivity (Wildman–Crippen MR) is 76.5 cm³/mol. The van der Waals surface area contributed by atoms with E-state index >= 15 is 0 Å². The van der Waals surface area contributed by atoms with Crippen LogP contribution in [0.2, 0.25) is 0 Å². The van der Waals surface area contributed by atoms with Gasteiger partial charge in [-0.05, 0) is 53.4 Å². The van der Waals surface area contributed by atoms with E-state index < -0.39 is 5.82 Å². The molecule has 3 rings (SSSR count). The fourth-order valence-electron chi connectivity index (χ4n) is 2.16. The van der Waals surface area contributed by atoms with Gasteiger partial charge in [0.15, 0.2) is 0 Å². The molecule has 0 amide bonds. The number of hydrogen-bond donors (Lipinski definition) is 1. The number of methoxy groups -OCH3 is 1. The lowest BCUT2D eigenvalue weighted by molar-refractivity contribution is 0.415. The van der Waals surface area contributed by atoms with Crippen molar-refractivity contribution in [2.45, 2.75) is 0 Å². The number of halogens is 1. The molecule has 4 heteroatoms. The highest BCUT2D eigenvalue weighted by molar-refractivity contribution is 5.85. The average Bonchev–Trinajstić information content (AvgIpc) is 2.48. The average molecular weight is 269 g/mol. The first kappa shape index (κ1) is 12.4. The molecule has 0 fully saturated rings. The van der Waals surface area contributed by atoms with Crippen molar-refractivity contribution in [2.75, 3.05) is 7.11 Å². The normalized spacial score (nSPS) is 10.7. The fourth-order valence-corrected chi connectivity index (χ4v) is 2.16. The lowest BCUT2D eigenvalue weighted by Gasteiger charge is -2.05. The van der Waals surface area contributed by atoms with Gasteiger partial charge in [-0.2, -0.15) is 0 Å². The molecule has 1 N–H and O–H groups in total. The molecule has 0 aliphatic rings. The molecule has 1 heterocycles. The summed E-state index contributed by atoms with van der Waals surface area (Å²) in [5.74, 6) is 0.333. The van der Waals surface area contributed by atoms with Crippen molar-refractivity contribution < 1.29 is 9.13 Å². The molecule has 100 valence electrons. The minimum absolute atomic E-state index is 0.298. The number of rotatable bonds is 2. The summed E-state index contributed by atoms with van der Waals surface area (Å²) < 4.78 is 18.3. The van der Waals surface area contributed by atoms with Gasteiger partial charge in [-0.1, -0.05) is 6.07 Å². The molecule has 0 unspecified atom stereocenters. The van der Waals surface area contributed by atoms with E-state index in [1.54, 1.807) is 13.2 Å². The first-order valence-corrected chi connectivity index (χ1v) is 6.14. The Morgan fingerprint density at radius 3 is 2.50 bits per heavy atom. The largest absolute Gasteiger partial charge is 0.497 e. The van der Waals surface area contributed by atoms with Gasteiger partial charge in [0.1, 0.15) is 11.6 Å². The number of fused-ring (bicyclic) bond motifs is 1. The Morgan fingerprint density at radius 2 is 1.80 bits per heavy atom. The zero-order chi connectivity index (χ0) is 14.1. The van der Waals surface area contributed by atoms with Gasteiger partial charge >= 0.3 is 0 Å². The summed E-state index contributed by atoms with van der Waals surface area (Å²) in [6.07, 6.45) is 0. The Hall–Kier alpha value is -2.62. The van der Waals surface area contributed by atoms with Crippen LogP contribution in [0.1, 0.15) is 0 Å². The second-order valence-electron chi connectivity index (χ2n) is 4.47. The number of H-pyrrole nitrogens is 1. The monoisotopic (exact) mass is 269 g/mol. The third-order valence-corrected chi connectivity index (χ3v) is 3.21. The van der Waals surface area contributed by atoms with E-state index in [0.717, 1.165) is 11.3 Å². The summed E-state index contributed by atoms with van der Waals surface area (Å²) in [4.78, 5) is 14.8. The van der Waals surface area contributed by atoms with Crippen LogP contribution in [0, 0.1) is 5.82 Å². The zero-order valence-corrected chi connectivity index (χ0v) is 10.8. The molecule has 3 aromatic rings. The summed E-state index contributed by atoms with van der Waals surface area (Å²) in [5, 5.41) is 1.06. The summed E-state index contributed by atoms with van der Waals surface area (Å²) >= 11 is 0. The smallest absolute Gasteiger partial charge is 0.256 e. The van der Waals surface area contributed by atoms with Crippen LogP contribution in [0.15, 0.2) is 53.3 Å². The molecule has 0 aliphatic heterocycles. The van der Waals surface area contributed by atoms with E-state index in [1.807, 2.05) is 30.3 Å². The standard InChI is InChI=1S/C16H12FNO2/c1-20-13-6-3-10(4-7-13)15-8-11-2-5-12(17)9-14(11)16(19)18-15/h2-9H,1H3,(H,18,19). The van der Waals surface area contributed by atoms with Gasteiger partial charge in [0.05, 0.1) is 7.11 Å². The van der Waals surface area contributed by atoms with Crippen LogP contribution in [-0.4, -0.2) is 12.1 Å². The van der Waals surface area contributed by atoms with Crippen LogP contribution in [0.5, 0.6) is 5.75 Å². The molecule has 20 heavy (non-hydrogen) atoms. The molecule has 0 radical (unpaired) electrons. The topological polar surface area (TPSA) is 42.1 Å². The molecule has 3 nitrogen and oxygen atoms in total. The van der Waals surface area contributed by atoms with E-state index in [0.29, 0.717) is 16.5 Å². The van der Waals surface area contributed by atoms with Crippen molar-refractivity contribution in [2.24, 2.45) is 0 Å². The van der Waals surface area contributed by atoms with E-state index in [9.17, 15) is 9.18 Å². The molecular weight excluding hydrogens is 257 g/mol. The minimum Gasteiger partial charge on any atom is -0.497 e. The Labute approximate surface area is 114 Å². The van der Waals surface area contributed by atoms with Crippen LogP contribution in [0.25, 0.3) is 22.0 Å². The van der Waals surface area contributed by atoms with E-state index in [-0.39, 0.29) is 5.56 Å². The van der Waals surface area contributed by atoms with Crippen LogP contribution >= 0.6 is 0 Å². The van der Waals surface area contributed by atoms with Gasteiger partial charge in [-0.25, -0.2) is 4.39 Å². The van der Waals surface area contributed by atoms with Gasteiger partial charge in [-0.3, -0.25) is 4.79 Å². The van der Waals surface area contributed by atoms with Gasteiger partial charge in [0, 0.05) is 11.1 Å². The van der Waals surface area contributed by atoms with Crippen LogP contribution in [-0.2, 0) is 0 Å². The zero-order valence-electron chi connectivity index (χ0n) is 10.8. The number of hydrogen-bond acceptors (Lipinski definition) is 2. The van der Waals surface area contributed by atoms with Gasteiger partial charge in [0.25, 0.3) is 5.56 Å². The molecule has 0 saturated heterocycles. The molecule has 0 spiro atoms. The van der Waals surface area contributed by atoms with Crippen LogP contribution < -0.4 is 10.3 Å². The number of benzene rings is 2. The fraction of sp³-hybridized carbons (Fsp3) is 0.0625. The van der Waals surface area contributed by atoms with Crippen molar-refractivity contribution in [3.8, 4) is 17.0 Å². The highest BCUT2D eigenvalue weighted by Gasteiger charge is 2.05. The second-order valence-corrected chi connectivity index (χ2v) is 4.47. The molecule has 1 aromatic heterocycles.